The summed E-state index contributed by atoms with van der Waals surface area (Å²) in [4.78, 5) is 12.3. The number of allylic oxidation sites excluding steroid dienone is 2. The number of hydroxylamine groups is 1. The van der Waals surface area contributed by atoms with Gasteiger partial charge in [0.05, 0.1) is 4.90 Å². The first-order chi connectivity index (χ1) is 14.5. The highest BCUT2D eigenvalue weighted by atomic mass is 32.2. The minimum atomic E-state index is -3.91. The summed E-state index contributed by atoms with van der Waals surface area (Å²) in [7, 11) is -3.91. The average Bonchev–Trinajstić information content (AvgIpc) is 3.14. The van der Waals surface area contributed by atoms with E-state index in [9.17, 15) is 13.2 Å². The fraction of sp³-hybridized carbons (Fsp3) is 0.348. The number of aryl methyl sites for hydroxylation is 1. The van der Waals surface area contributed by atoms with Crippen molar-refractivity contribution in [2.75, 3.05) is 0 Å². The highest BCUT2D eigenvalue weighted by molar-refractivity contribution is 7.89. The molecule has 7 heteroatoms. The monoisotopic (exact) mass is 426 g/mol. The zero-order valence-corrected chi connectivity index (χ0v) is 17.5. The van der Waals surface area contributed by atoms with Crippen LogP contribution in [0.25, 0.3) is 5.57 Å². The number of nitrogens with one attached hydrogen (secondary N) is 2. The molecule has 1 amide bonds. The van der Waals surface area contributed by atoms with E-state index in [1.165, 1.54) is 24.0 Å². The molecule has 0 heterocycles. The number of benzene rings is 2. The Morgan fingerprint density at radius 3 is 2.60 bits per heavy atom. The molecule has 1 unspecified atom stereocenters. The molecule has 0 fully saturated rings. The Kier molecular flexibility index (Phi) is 6.04. The average molecular weight is 427 g/mol. The Labute approximate surface area is 177 Å². The minimum Gasteiger partial charge on any atom is -0.289 e. The second kappa shape index (κ2) is 8.71. The number of amides is 1. The molecule has 0 bridgehead atoms. The lowest BCUT2D eigenvalue weighted by molar-refractivity contribution is -0.131. The Balaban J connectivity index is 1.51. The smallest absolute Gasteiger partial charge is 0.261 e. The van der Waals surface area contributed by atoms with E-state index in [-0.39, 0.29) is 11.3 Å². The van der Waals surface area contributed by atoms with Crippen molar-refractivity contribution >= 4 is 21.5 Å². The van der Waals surface area contributed by atoms with Gasteiger partial charge in [0.2, 0.25) is 10.0 Å². The lowest BCUT2D eigenvalue weighted by Crippen LogP contribution is -2.46. The first-order valence-electron chi connectivity index (χ1n) is 10.3. The molecule has 4 rings (SSSR count). The number of hydrogen-bond donors (Lipinski definition) is 3. The molecule has 0 aromatic heterocycles. The van der Waals surface area contributed by atoms with Gasteiger partial charge in [-0.2, -0.15) is 4.72 Å². The number of carbonyl (C=O) groups excluding carboxylic acids is 1. The first-order valence-corrected chi connectivity index (χ1v) is 11.8. The van der Waals surface area contributed by atoms with Crippen LogP contribution in [0.15, 0.2) is 59.0 Å². The van der Waals surface area contributed by atoms with Crippen molar-refractivity contribution in [3.63, 3.8) is 0 Å². The third-order valence-corrected chi connectivity index (χ3v) is 7.46. The number of rotatable bonds is 7. The third kappa shape index (κ3) is 4.33. The van der Waals surface area contributed by atoms with Gasteiger partial charge < -0.3 is 0 Å². The molecule has 0 spiro atoms. The van der Waals surface area contributed by atoms with Crippen molar-refractivity contribution in [3.8, 4) is 0 Å². The van der Waals surface area contributed by atoms with Gasteiger partial charge in [0, 0.05) is 0 Å². The van der Waals surface area contributed by atoms with Crippen LogP contribution in [0.1, 0.15) is 48.8 Å². The maximum Gasteiger partial charge on any atom is 0.261 e. The largest absolute Gasteiger partial charge is 0.289 e. The van der Waals surface area contributed by atoms with E-state index < -0.39 is 22.0 Å². The normalized spacial score (nSPS) is 16.7. The highest BCUT2D eigenvalue weighted by Gasteiger charge is 2.28. The van der Waals surface area contributed by atoms with Crippen LogP contribution < -0.4 is 10.2 Å². The third-order valence-electron chi connectivity index (χ3n) is 5.99. The molecule has 30 heavy (non-hydrogen) atoms. The Morgan fingerprint density at radius 1 is 1.07 bits per heavy atom. The molecular weight excluding hydrogens is 400 g/mol. The van der Waals surface area contributed by atoms with Gasteiger partial charge in [-0.3, -0.25) is 10.0 Å². The van der Waals surface area contributed by atoms with E-state index in [0.717, 1.165) is 36.0 Å². The van der Waals surface area contributed by atoms with Gasteiger partial charge >= 0.3 is 0 Å². The van der Waals surface area contributed by atoms with Gasteiger partial charge in [-0.15, -0.1) is 0 Å². The Morgan fingerprint density at radius 2 is 1.83 bits per heavy atom. The van der Waals surface area contributed by atoms with E-state index in [1.54, 1.807) is 17.6 Å². The number of sulfonamides is 1. The van der Waals surface area contributed by atoms with Crippen molar-refractivity contribution in [2.24, 2.45) is 0 Å². The fourth-order valence-electron chi connectivity index (χ4n) is 4.43. The lowest BCUT2D eigenvalue weighted by Gasteiger charge is -2.17. The van der Waals surface area contributed by atoms with Crippen molar-refractivity contribution in [1.82, 2.24) is 10.2 Å². The van der Waals surface area contributed by atoms with Crippen LogP contribution in [0.3, 0.4) is 0 Å². The summed E-state index contributed by atoms with van der Waals surface area (Å²) >= 11 is 0. The van der Waals surface area contributed by atoms with Crippen molar-refractivity contribution in [3.05, 3.63) is 70.8 Å². The quantitative estimate of drug-likeness (QED) is 0.467. The molecule has 2 aliphatic rings. The maximum atomic E-state index is 13.0. The summed E-state index contributed by atoms with van der Waals surface area (Å²) in [6.45, 7) is 0. The van der Waals surface area contributed by atoms with Crippen LogP contribution in [0, 0.1) is 0 Å². The predicted molar refractivity (Wildman–Crippen MR) is 114 cm³/mol. The van der Waals surface area contributed by atoms with Gasteiger partial charge in [-0.25, -0.2) is 13.9 Å². The van der Waals surface area contributed by atoms with Gasteiger partial charge in [-0.1, -0.05) is 42.0 Å². The van der Waals surface area contributed by atoms with Gasteiger partial charge in [0.15, 0.2) is 0 Å². The summed E-state index contributed by atoms with van der Waals surface area (Å²) in [6, 6.07) is 13.7. The van der Waals surface area contributed by atoms with Crippen molar-refractivity contribution < 1.29 is 18.4 Å². The molecule has 6 nitrogen and oxygen atoms in total. The second-order valence-electron chi connectivity index (χ2n) is 7.96. The molecule has 2 aromatic rings. The van der Waals surface area contributed by atoms with Crippen LogP contribution in [0.2, 0.25) is 0 Å². The number of fused-ring (bicyclic) bond motifs is 2. The van der Waals surface area contributed by atoms with Gasteiger partial charge in [0.25, 0.3) is 5.91 Å². The minimum absolute atomic E-state index is 0.150. The summed E-state index contributed by atoms with van der Waals surface area (Å²) in [5, 5.41) is 9.08. The number of carbonyl (C=O) groups is 1. The highest BCUT2D eigenvalue weighted by Crippen LogP contribution is 2.42. The van der Waals surface area contributed by atoms with Crippen molar-refractivity contribution in [2.45, 2.75) is 55.9 Å². The van der Waals surface area contributed by atoms with Crippen LogP contribution in [0.4, 0.5) is 0 Å². The molecule has 0 aliphatic heterocycles. The standard InChI is InChI=1S/C23H26N2O4S/c26-23(24-27)22(13-10-16-6-2-1-3-7-16)25-30(28,29)19-11-12-21-18(15-19)14-17-8-4-5-9-20(17)21/h1-3,6-7,11-12,15,22,25,27H,4-5,8-10,13-14H2,(H,24,26). The zero-order chi connectivity index (χ0) is 21.1. The van der Waals surface area contributed by atoms with Gasteiger partial charge in [-0.05, 0) is 79.3 Å². The molecule has 1 atom stereocenters. The SMILES string of the molecule is O=C(NO)C(CCc1ccccc1)NS(=O)(=O)c1ccc2c(c1)CC1=C2CCCC1. The fourth-order valence-corrected chi connectivity index (χ4v) is 5.71. The molecule has 3 N–H and O–H groups in total. The summed E-state index contributed by atoms with van der Waals surface area (Å²) in [5.74, 6) is -0.771. The molecule has 2 aliphatic carbocycles. The van der Waals surface area contributed by atoms with E-state index in [0.29, 0.717) is 6.42 Å². The van der Waals surface area contributed by atoms with Crippen LogP contribution in [-0.2, 0) is 27.7 Å². The van der Waals surface area contributed by atoms with Crippen LogP contribution in [0.5, 0.6) is 0 Å². The molecule has 0 radical (unpaired) electrons. The molecule has 158 valence electrons. The van der Waals surface area contributed by atoms with E-state index in [4.69, 9.17) is 5.21 Å². The summed E-state index contributed by atoms with van der Waals surface area (Å²) < 4.78 is 28.5. The summed E-state index contributed by atoms with van der Waals surface area (Å²) in [5.41, 5.74) is 7.58. The molecule has 0 saturated heterocycles. The van der Waals surface area contributed by atoms with E-state index in [1.807, 2.05) is 36.4 Å². The molecular formula is C23H26N2O4S. The Bertz CT molecular complexity index is 1080. The van der Waals surface area contributed by atoms with Crippen molar-refractivity contribution in [1.29, 1.82) is 0 Å². The molecule has 0 saturated carbocycles. The summed E-state index contributed by atoms with van der Waals surface area (Å²) in [6.07, 6.45) is 6.06. The Hall–Kier alpha value is -2.48. The maximum absolute atomic E-state index is 13.0. The number of hydrogen-bond acceptors (Lipinski definition) is 4. The lowest BCUT2D eigenvalue weighted by atomic mass is 9.92. The van der Waals surface area contributed by atoms with E-state index >= 15 is 0 Å². The van der Waals surface area contributed by atoms with Crippen LogP contribution in [-0.4, -0.2) is 25.6 Å². The predicted octanol–water partition coefficient (Wildman–Crippen LogP) is 3.36. The molecule has 2 aromatic carbocycles. The first kappa shape index (κ1) is 20.8. The van der Waals surface area contributed by atoms with E-state index in [2.05, 4.69) is 4.72 Å². The van der Waals surface area contributed by atoms with Gasteiger partial charge in [0.1, 0.15) is 6.04 Å². The second-order valence-corrected chi connectivity index (χ2v) is 9.67. The zero-order valence-electron chi connectivity index (χ0n) is 16.7. The topological polar surface area (TPSA) is 95.5 Å². The van der Waals surface area contributed by atoms with Crippen LogP contribution >= 0.6 is 0 Å².